The van der Waals surface area contributed by atoms with Crippen molar-refractivity contribution in [2.45, 2.75) is 25.4 Å². The van der Waals surface area contributed by atoms with Crippen LogP contribution >= 0.6 is 0 Å². The highest BCUT2D eigenvalue weighted by Crippen LogP contribution is 1.80. The minimum absolute atomic E-state index is 0.0411. The first-order valence-corrected chi connectivity index (χ1v) is 3.91. The number of hydrogen-bond acceptors (Lipinski definition) is 5. The fourth-order valence-corrected chi connectivity index (χ4v) is 0.257. The number of hydrogen-bond donors (Lipinski definition) is 5. The molecular weight excluding hydrogens is 176 g/mol. The molecule has 0 rings (SSSR count). The number of carbonyl (C=O) groups is 1. The second-order valence-corrected chi connectivity index (χ2v) is 2.58. The van der Waals surface area contributed by atoms with Crippen molar-refractivity contribution >= 4 is 5.97 Å². The molecule has 0 aromatic carbocycles. The molecule has 0 aromatic rings. The van der Waals surface area contributed by atoms with Crippen LogP contribution in [0.4, 0.5) is 0 Å². The number of carboxylic acid groups (broad SMARTS) is 1. The van der Waals surface area contributed by atoms with Gasteiger partial charge in [0.1, 0.15) is 6.04 Å². The van der Waals surface area contributed by atoms with Crippen LogP contribution in [0.3, 0.4) is 0 Å². The maximum absolute atomic E-state index is 9.57. The van der Waals surface area contributed by atoms with Gasteiger partial charge < -0.3 is 26.8 Å². The van der Waals surface area contributed by atoms with E-state index in [4.69, 9.17) is 26.8 Å². The zero-order valence-electron chi connectivity index (χ0n) is 7.68. The van der Waals surface area contributed by atoms with Crippen LogP contribution in [-0.2, 0) is 4.79 Å². The average Bonchev–Trinajstić information content (AvgIpc) is 2.05. The third-order valence-electron chi connectivity index (χ3n) is 1.12. The van der Waals surface area contributed by atoms with E-state index in [0.29, 0.717) is 6.42 Å². The standard InChI is InChI=1S/C4H11NO2.C3H7NO2/c5-4(3-7)1-2-6;1-2(4)3(5)6/h4,6-7H,1-3,5H2;2H,4H2,1H3,(H,5,6)/t;2-/m.0/s1. The van der Waals surface area contributed by atoms with Gasteiger partial charge >= 0.3 is 5.97 Å². The Balaban J connectivity index is 0. The number of aliphatic carboxylic acids is 1. The van der Waals surface area contributed by atoms with Gasteiger partial charge in [-0.25, -0.2) is 0 Å². The van der Waals surface area contributed by atoms with Crippen LogP contribution in [0.2, 0.25) is 0 Å². The molecule has 0 saturated heterocycles. The number of aliphatic hydroxyl groups is 2. The highest BCUT2D eigenvalue weighted by atomic mass is 16.4. The van der Waals surface area contributed by atoms with Gasteiger partial charge in [-0.2, -0.15) is 0 Å². The van der Waals surface area contributed by atoms with Gasteiger partial charge in [-0.05, 0) is 13.3 Å². The zero-order chi connectivity index (χ0) is 10.9. The van der Waals surface area contributed by atoms with E-state index in [2.05, 4.69) is 0 Å². The van der Waals surface area contributed by atoms with Crippen molar-refractivity contribution in [2.24, 2.45) is 11.5 Å². The Labute approximate surface area is 77.2 Å². The Kier molecular flexibility index (Phi) is 10.7. The van der Waals surface area contributed by atoms with Crippen LogP contribution in [0, 0.1) is 0 Å². The predicted octanol–water partition coefficient (Wildman–Crippen LogP) is -1.89. The lowest BCUT2D eigenvalue weighted by Crippen LogP contribution is -2.25. The monoisotopic (exact) mass is 194 g/mol. The molecule has 80 valence electrons. The van der Waals surface area contributed by atoms with E-state index in [0.717, 1.165) is 0 Å². The van der Waals surface area contributed by atoms with Gasteiger partial charge in [0.2, 0.25) is 0 Å². The molecule has 2 atom stereocenters. The van der Waals surface area contributed by atoms with Crippen LogP contribution in [0.1, 0.15) is 13.3 Å². The molecule has 0 amide bonds. The van der Waals surface area contributed by atoms with Gasteiger partial charge in [0, 0.05) is 12.6 Å². The fourth-order valence-electron chi connectivity index (χ4n) is 0.257. The summed E-state index contributed by atoms with van der Waals surface area (Å²) >= 11 is 0. The minimum atomic E-state index is -0.963. The Bertz CT molecular complexity index is 130. The highest BCUT2D eigenvalue weighted by Gasteiger charge is 1.99. The molecule has 0 aliphatic rings. The molecule has 0 heterocycles. The number of carboxylic acids is 1. The van der Waals surface area contributed by atoms with Crippen LogP contribution in [0.15, 0.2) is 0 Å². The molecule has 0 bridgehead atoms. The van der Waals surface area contributed by atoms with Gasteiger partial charge in [-0.1, -0.05) is 0 Å². The van der Waals surface area contributed by atoms with E-state index < -0.39 is 12.0 Å². The molecule has 0 aliphatic heterocycles. The van der Waals surface area contributed by atoms with Crippen molar-refractivity contribution in [3.63, 3.8) is 0 Å². The van der Waals surface area contributed by atoms with E-state index in [1.165, 1.54) is 6.92 Å². The van der Waals surface area contributed by atoms with E-state index in [9.17, 15) is 4.79 Å². The Morgan fingerprint density at radius 3 is 1.85 bits per heavy atom. The van der Waals surface area contributed by atoms with Crippen LogP contribution in [-0.4, -0.2) is 46.6 Å². The number of rotatable bonds is 4. The lowest BCUT2D eigenvalue weighted by Gasteiger charge is -2.01. The molecular formula is C7H18N2O4. The van der Waals surface area contributed by atoms with Crippen LogP contribution < -0.4 is 11.5 Å². The predicted molar refractivity (Wildman–Crippen MR) is 48.0 cm³/mol. The lowest BCUT2D eigenvalue weighted by molar-refractivity contribution is -0.138. The van der Waals surface area contributed by atoms with E-state index >= 15 is 0 Å². The molecule has 0 radical (unpaired) electrons. The first kappa shape index (κ1) is 14.8. The molecule has 0 fully saturated rings. The molecule has 6 nitrogen and oxygen atoms in total. The summed E-state index contributed by atoms with van der Waals surface area (Å²) in [7, 11) is 0. The summed E-state index contributed by atoms with van der Waals surface area (Å²) in [5.74, 6) is -0.963. The van der Waals surface area contributed by atoms with Crippen molar-refractivity contribution < 1.29 is 20.1 Å². The summed E-state index contributed by atoms with van der Waals surface area (Å²) < 4.78 is 0. The van der Waals surface area contributed by atoms with Gasteiger partial charge in [-0.15, -0.1) is 0 Å². The minimum Gasteiger partial charge on any atom is -0.480 e. The molecule has 0 aromatic heterocycles. The third kappa shape index (κ3) is 14.2. The second kappa shape index (κ2) is 9.40. The largest absolute Gasteiger partial charge is 0.480 e. The van der Waals surface area contributed by atoms with E-state index in [1.54, 1.807) is 0 Å². The quantitative estimate of drug-likeness (QED) is 0.355. The second-order valence-electron chi connectivity index (χ2n) is 2.58. The Morgan fingerprint density at radius 1 is 1.38 bits per heavy atom. The third-order valence-corrected chi connectivity index (χ3v) is 1.12. The van der Waals surface area contributed by atoms with Gasteiger partial charge in [0.25, 0.3) is 0 Å². The summed E-state index contributed by atoms with van der Waals surface area (Å²) in [5, 5.41) is 24.3. The van der Waals surface area contributed by atoms with Gasteiger partial charge in [0.05, 0.1) is 6.61 Å². The van der Waals surface area contributed by atoms with Crippen LogP contribution in [0.5, 0.6) is 0 Å². The van der Waals surface area contributed by atoms with Crippen molar-refractivity contribution in [3.05, 3.63) is 0 Å². The van der Waals surface area contributed by atoms with E-state index in [-0.39, 0.29) is 19.3 Å². The van der Waals surface area contributed by atoms with E-state index in [1.807, 2.05) is 0 Å². The van der Waals surface area contributed by atoms with Gasteiger partial charge in [-0.3, -0.25) is 4.79 Å². The van der Waals surface area contributed by atoms with Gasteiger partial charge in [0.15, 0.2) is 0 Å². The summed E-state index contributed by atoms with van der Waals surface area (Å²) in [4.78, 5) is 9.57. The normalized spacial score (nSPS) is 13.9. The highest BCUT2D eigenvalue weighted by molar-refractivity contribution is 5.72. The molecule has 13 heavy (non-hydrogen) atoms. The Hall–Kier alpha value is -0.690. The number of aliphatic hydroxyl groups excluding tert-OH is 2. The molecule has 0 aliphatic carbocycles. The smallest absolute Gasteiger partial charge is 0.320 e. The lowest BCUT2D eigenvalue weighted by atomic mass is 10.2. The zero-order valence-corrected chi connectivity index (χ0v) is 7.68. The van der Waals surface area contributed by atoms with Crippen molar-refractivity contribution in [1.29, 1.82) is 0 Å². The topological polar surface area (TPSA) is 130 Å². The summed E-state index contributed by atoms with van der Waals surface area (Å²) in [6, 6.07) is -0.977. The Morgan fingerprint density at radius 2 is 1.77 bits per heavy atom. The molecule has 1 unspecified atom stereocenters. The maximum atomic E-state index is 9.57. The van der Waals surface area contributed by atoms with Crippen molar-refractivity contribution in [3.8, 4) is 0 Å². The fraction of sp³-hybridized carbons (Fsp3) is 0.857. The molecule has 0 saturated carbocycles. The maximum Gasteiger partial charge on any atom is 0.320 e. The first-order chi connectivity index (χ1) is 5.95. The molecule has 0 spiro atoms. The first-order valence-electron chi connectivity index (χ1n) is 3.91. The summed E-state index contributed by atoms with van der Waals surface area (Å²) in [6.45, 7) is 1.44. The summed E-state index contributed by atoms with van der Waals surface area (Å²) in [6.07, 6.45) is 0.483. The molecule has 6 heteroatoms. The van der Waals surface area contributed by atoms with Crippen LogP contribution in [0.25, 0.3) is 0 Å². The average molecular weight is 194 g/mol. The SMILES string of the molecule is C[C@H](N)C(=O)O.NC(CO)CCO. The van der Waals surface area contributed by atoms with Crippen molar-refractivity contribution in [2.75, 3.05) is 13.2 Å². The molecule has 7 N–H and O–H groups in total. The van der Waals surface area contributed by atoms with Crippen molar-refractivity contribution in [1.82, 2.24) is 0 Å². The number of nitrogens with two attached hydrogens (primary N) is 2. The summed E-state index contributed by atoms with van der Waals surface area (Å²) in [5.41, 5.74) is 10.0.